The number of carboxylic acid groups (broad SMARTS) is 2. The van der Waals surface area contributed by atoms with Gasteiger partial charge in [-0.25, -0.2) is 19.2 Å². The molecule has 48 heavy (non-hydrogen) atoms. The number of nitrogens with one attached hydrogen (secondary N) is 1. The van der Waals surface area contributed by atoms with Crippen molar-refractivity contribution in [3.63, 3.8) is 0 Å². The number of benzene rings is 4. The molecule has 0 unspecified atom stereocenters. The number of amides is 2. The van der Waals surface area contributed by atoms with Crippen LogP contribution >= 0.6 is 0 Å². The molecular formula is C36H38N2O10. The summed E-state index contributed by atoms with van der Waals surface area (Å²) in [6.07, 6.45) is -1.20. The van der Waals surface area contributed by atoms with Crippen LogP contribution in [0.4, 0.5) is 9.59 Å². The van der Waals surface area contributed by atoms with Gasteiger partial charge in [-0.15, -0.1) is 0 Å². The third-order valence-corrected chi connectivity index (χ3v) is 7.01. The van der Waals surface area contributed by atoms with Crippen molar-refractivity contribution in [2.45, 2.75) is 38.1 Å². The highest BCUT2D eigenvalue weighted by atomic mass is 16.6. The van der Waals surface area contributed by atoms with Gasteiger partial charge in [-0.1, -0.05) is 84.9 Å². The van der Waals surface area contributed by atoms with Gasteiger partial charge in [0.2, 0.25) is 0 Å². The quantitative estimate of drug-likeness (QED) is 0.148. The Balaban J connectivity index is 0.000000261. The van der Waals surface area contributed by atoms with Gasteiger partial charge in [0.15, 0.2) is 0 Å². The summed E-state index contributed by atoms with van der Waals surface area (Å²) in [5.74, 6) is -1.47. The molecule has 0 spiro atoms. The van der Waals surface area contributed by atoms with E-state index in [1.54, 1.807) is 55.6 Å². The summed E-state index contributed by atoms with van der Waals surface area (Å²) >= 11 is 0. The summed E-state index contributed by atoms with van der Waals surface area (Å²) < 4.78 is 15.3. The maximum atomic E-state index is 12.2. The SMILES string of the molecule is COc1ccc(C[C@@H](C(=O)O)N(C)C(=O)OCc2ccccc2)cc1.O=C(N[C@@H](Cc1ccc(O)cc1)C(=O)O)OCc1ccccc1. The largest absolute Gasteiger partial charge is 0.508 e. The van der Waals surface area contributed by atoms with Crippen LogP contribution in [0, 0.1) is 0 Å². The Morgan fingerprint density at radius 2 is 1.17 bits per heavy atom. The molecule has 2 amide bonds. The molecule has 12 heteroatoms. The van der Waals surface area contributed by atoms with Crippen molar-refractivity contribution in [1.82, 2.24) is 10.2 Å². The molecule has 0 saturated heterocycles. The molecule has 0 aliphatic rings. The van der Waals surface area contributed by atoms with Crippen LogP contribution in [0.5, 0.6) is 11.5 Å². The number of carbonyl (C=O) groups excluding carboxylic acids is 2. The number of aliphatic carboxylic acids is 2. The first-order valence-electron chi connectivity index (χ1n) is 14.8. The summed E-state index contributed by atoms with van der Waals surface area (Å²) in [4.78, 5) is 47.9. The van der Waals surface area contributed by atoms with Gasteiger partial charge < -0.3 is 34.8 Å². The van der Waals surface area contributed by atoms with Gasteiger partial charge in [-0.2, -0.15) is 0 Å². The van der Waals surface area contributed by atoms with E-state index in [1.807, 2.05) is 48.5 Å². The predicted octanol–water partition coefficient (Wildman–Crippen LogP) is 5.27. The number of carboxylic acids is 2. The Morgan fingerprint density at radius 1 is 0.667 bits per heavy atom. The number of nitrogens with zero attached hydrogens (tertiary/aromatic N) is 1. The number of phenolic OH excluding ortho intramolecular Hbond substituents is 1. The number of phenols is 1. The standard InChI is InChI=1S/C19H21NO5.C17H17NO5/c1-20(19(23)25-13-15-6-4-3-5-7-15)17(18(21)22)12-14-8-10-16(24-2)11-9-14;19-14-8-6-12(7-9-14)10-15(16(20)21)18-17(22)23-11-13-4-2-1-3-5-13/h3-11,17H,12-13H2,1-2H3,(H,21,22);1-9,15,19H,10-11H2,(H,18,22)(H,20,21)/t17-;15-/m00/s1. The normalized spacial score (nSPS) is 11.5. The molecule has 0 bridgehead atoms. The summed E-state index contributed by atoms with van der Waals surface area (Å²) in [6.45, 7) is 0.164. The molecule has 0 aromatic heterocycles. The highest BCUT2D eigenvalue weighted by Gasteiger charge is 2.28. The van der Waals surface area contributed by atoms with E-state index < -0.39 is 36.2 Å². The average molecular weight is 659 g/mol. The number of hydrogen-bond acceptors (Lipinski definition) is 8. The first-order chi connectivity index (χ1) is 23.0. The maximum Gasteiger partial charge on any atom is 0.410 e. The topological polar surface area (TPSA) is 172 Å². The van der Waals surface area contributed by atoms with Crippen LogP contribution < -0.4 is 10.1 Å². The van der Waals surface area contributed by atoms with Crippen molar-refractivity contribution < 1.29 is 48.7 Å². The first kappa shape index (κ1) is 36.4. The second kappa shape index (κ2) is 18.8. The lowest BCUT2D eigenvalue weighted by molar-refractivity contribution is -0.142. The van der Waals surface area contributed by atoms with Gasteiger partial charge >= 0.3 is 24.1 Å². The molecule has 4 rings (SSSR count). The van der Waals surface area contributed by atoms with E-state index in [0.29, 0.717) is 11.3 Å². The van der Waals surface area contributed by atoms with Crippen LogP contribution in [0.25, 0.3) is 0 Å². The molecule has 2 atom stereocenters. The lowest BCUT2D eigenvalue weighted by Gasteiger charge is -2.24. The number of aromatic hydroxyl groups is 1. The minimum absolute atomic E-state index is 0.0677. The lowest BCUT2D eigenvalue weighted by Crippen LogP contribution is -2.44. The third kappa shape index (κ3) is 12.4. The second-order valence-electron chi connectivity index (χ2n) is 10.5. The molecule has 0 aliphatic heterocycles. The highest BCUT2D eigenvalue weighted by Crippen LogP contribution is 2.16. The van der Waals surface area contributed by atoms with Gasteiger partial charge in [-0.05, 0) is 46.5 Å². The molecule has 0 aliphatic carbocycles. The van der Waals surface area contributed by atoms with Gasteiger partial charge in [0.25, 0.3) is 0 Å². The Kier molecular flexibility index (Phi) is 14.3. The van der Waals surface area contributed by atoms with Gasteiger partial charge in [0.05, 0.1) is 7.11 Å². The molecule has 12 nitrogen and oxygen atoms in total. The van der Waals surface area contributed by atoms with E-state index in [1.165, 1.54) is 19.2 Å². The Hall–Kier alpha value is -6.04. The van der Waals surface area contributed by atoms with Crippen LogP contribution in [0.1, 0.15) is 22.3 Å². The minimum atomic E-state index is -1.16. The van der Waals surface area contributed by atoms with E-state index in [4.69, 9.17) is 14.2 Å². The van der Waals surface area contributed by atoms with E-state index in [0.717, 1.165) is 21.6 Å². The molecular weight excluding hydrogens is 620 g/mol. The van der Waals surface area contributed by atoms with Crippen LogP contribution in [0.2, 0.25) is 0 Å². The molecule has 0 fully saturated rings. The molecule has 4 aromatic carbocycles. The molecule has 0 heterocycles. The Bertz CT molecular complexity index is 1600. The summed E-state index contributed by atoms with van der Waals surface area (Å²) in [5, 5.41) is 30.2. The summed E-state index contributed by atoms with van der Waals surface area (Å²) in [5.41, 5.74) is 3.12. The van der Waals surface area contributed by atoms with E-state index in [-0.39, 0.29) is 31.8 Å². The number of ether oxygens (including phenoxy) is 3. The van der Waals surface area contributed by atoms with Gasteiger partial charge in [0.1, 0.15) is 36.8 Å². The van der Waals surface area contributed by atoms with Crippen molar-refractivity contribution in [1.29, 1.82) is 0 Å². The molecule has 0 saturated carbocycles. The molecule has 4 N–H and O–H groups in total. The fourth-order valence-corrected chi connectivity index (χ4v) is 4.30. The Morgan fingerprint density at radius 3 is 1.67 bits per heavy atom. The van der Waals surface area contributed by atoms with Gasteiger partial charge in [-0.3, -0.25) is 4.90 Å². The van der Waals surface area contributed by atoms with Crippen LogP contribution in [0.15, 0.2) is 109 Å². The maximum absolute atomic E-state index is 12.2. The van der Waals surface area contributed by atoms with Crippen molar-refractivity contribution >= 4 is 24.1 Å². The zero-order chi connectivity index (χ0) is 34.9. The predicted molar refractivity (Wildman–Crippen MR) is 176 cm³/mol. The number of methoxy groups -OCH3 is 1. The first-order valence-corrected chi connectivity index (χ1v) is 14.8. The number of alkyl carbamates (subject to hydrolysis) is 1. The minimum Gasteiger partial charge on any atom is -0.508 e. The molecule has 0 radical (unpaired) electrons. The fraction of sp³-hybridized carbons (Fsp3) is 0.222. The summed E-state index contributed by atoms with van der Waals surface area (Å²) in [6, 6.07) is 29.4. The fourth-order valence-electron chi connectivity index (χ4n) is 4.30. The van der Waals surface area contributed by atoms with Crippen LogP contribution in [-0.2, 0) is 45.1 Å². The summed E-state index contributed by atoms with van der Waals surface area (Å²) in [7, 11) is 2.99. The Labute approximate surface area is 278 Å². The highest BCUT2D eigenvalue weighted by molar-refractivity contribution is 5.81. The van der Waals surface area contributed by atoms with E-state index in [9.17, 15) is 34.5 Å². The number of carbonyl (C=O) groups is 4. The molecule has 252 valence electrons. The van der Waals surface area contributed by atoms with Crippen molar-refractivity contribution in [2.24, 2.45) is 0 Å². The second-order valence-corrected chi connectivity index (χ2v) is 10.5. The van der Waals surface area contributed by atoms with Crippen molar-refractivity contribution in [3.05, 3.63) is 131 Å². The average Bonchev–Trinajstić information content (AvgIpc) is 3.10. The van der Waals surface area contributed by atoms with Crippen LogP contribution in [-0.4, -0.2) is 70.6 Å². The van der Waals surface area contributed by atoms with Crippen LogP contribution in [0.3, 0.4) is 0 Å². The number of hydrogen-bond donors (Lipinski definition) is 4. The third-order valence-electron chi connectivity index (χ3n) is 7.01. The zero-order valence-electron chi connectivity index (χ0n) is 26.5. The van der Waals surface area contributed by atoms with Gasteiger partial charge in [0, 0.05) is 19.9 Å². The lowest BCUT2D eigenvalue weighted by atomic mass is 10.1. The van der Waals surface area contributed by atoms with Crippen molar-refractivity contribution in [3.8, 4) is 11.5 Å². The van der Waals surface area contributed by atoms with E-state index in [2.05, 4.69) is 5.32 Å². The monoisotopic (exact) mass is 658 g/mol. The number of rotatable bonds is 13. The molecule has 4 aromatic rings. The van der Waals surface area contributed by atoms with Crippen molar-refractivity contribution in [2.75, 3.05) is 14.2 Å². The zero-order valence-corrected chi connectivity index (χ0v) is 26.5. The van der Waals surface area contributed by atoms with E-state index >= 15 is 0 Å². The number of likely N-dealkylation sites (N-methyl/N-ethyl adjacent to an activating group) is 1. The smallest absolute Gasteiger partial charge is 0.410 e.